The van der Waals surface area contributed by atoms with Gasteiger partial charge in [-0.15, -0.1) is 0 Å². The van der Waals surface area contributed by atoms with Gasteiger partial charge in [-0.05, 0) is 6.16 Å². The quantitative estimate of drug-likeness (QED) is 0.302. The van der Waals surface area contributed by atoms with Crippen molar-refractivity contribution in [2.75, 3.05) is 0 Å². The van der Waals surface area contributed by atoms with Crippen molar-refractivity contribution in [1.82, 2.24) is 0 Å². The van der Waals surface area contributed by atoms with E-state index in [4.69, 9.17) is 15.0 Å². The minimum absolute atomic E-state index is 0. The maximum atomic E-state index is 8.33. The van der Waals surface area contributed by atoms with Crippen molar-refractivity contribution in [2.24, 2.45) is 0 Å². The van der Waals surface area contributed by atoms with E-state index in [0.717, 1.165) is 0 Å². The third-order valence-corrected chi connectivity index (χ3v) is 0. The minimum Gasteiger partial charge on any atom is -1.00 e. The van der Waals surface area contributed by atoms with Gasteiger partial charge in [0.1, 0.15) is 0 Å². The van der Waals surface area contributed by atoms with E-state index in [1.54, 1.807) is 0 Å². The van der Waals surface area contributed by atoms with Crippen LogP contribution in [0.4, 0.5) is 4.79 Å². The first-order valence-electron chi connectivity index (χ1n) is 0.612. The van der Waals surface area contributed by atoms with Crippen molar-refractivity contribution in [3.63, 3.8) is 0 Å². The predicted octanol–water partition coefficient (Wildman–Crippen LogP) is -5.71. The van der Waals surface area contributed by atoms with Crippen LogP contribution in [0, 0.1) is 0 Å². The summed E-state index contributed by atoms with van der Waals surface area (Å²) < 4.78 is 0. The van der Waals surface area contributed by atoms with E-state index >= 15 is 0 Å². The number of carboxylic acid groups (broad SMARTS) is 2. The summed E-state index contributed by atoms with van der Waals surface area (Å²) in [5.41, 5.74) is 0. The van der Waals surface area contributed by atoms with Crippen molar-refractivity contribution in [3.8, 4) is 0 Å². The Morgan fingerprint density at radius 2 is 1.50 bits per heavy atom. The molecule has 0 aliphatic heterocycles. The van der Waals surface area contributed by atoms with E-state index in [1.807, 2.05) is 0 Å². The standard InChI is InChI=1S/CH2O3.K.Mg.H/c2-1(3)4;;;/h(H2,2,3,4);;;/q;+1;+2;-1/p-2. The second-order valence-corrected chi connectivity index (χ2v) is 0.250. The fourth-order valence-corrected chi connectivity index (χ4v) is 0. The normalized spacial score (nSPS) is 4.00. The van der Waals surface area contributed by atoms with Gasteiger partial charge in [0.15, 0.2) is 0 Å². The summed E-state index contributed by atoms with van der Waals surface area (Å²) in [4.78, 5) is 8.33. The van der Waals surface area contributed by atoms with Crippen molar-refractivity contribution in [2.45, 2.75) is 0 Å². The second kappa shape index (κ2) is 9.83. The number of carbonyl (C=O) groups excluding carboxylic acids is 1. The Morgan fingerprint density at radius 1 is 1.50 bits per heavy atom. The van der Waals surface area contributed by atoms with Gasteiger partial charge in [0.2, 0.25) is 0 Å². The van der Waals surface area contributed by atoms with E-state index in [-0.39, 0.29) is 75.9 Å². The zero-order chi connectivity index (χ0) is 3.58. The molecular weight excluding hydrogens is 123 g/mol. The molecule has 0 amide bonds. The average Bonchev–Trinajstić information content (AvgIpc) is 0.811. The number of hydrogen-bond acceptors (Lipinski definition) is 3. The molecule has 0 aromatic heterocycles. The van der Waals surface area contributed by atoms with Gasteiger partial charge in [-0.1, -0.05) is 0 Å². The van der Waals surface area contributed by atoms with Crippen molar-refractivity contribution < 1.29 is 67.8 Å². The molecule has 0 fully saturated rings. The molecule has 3 nitrogen and oxygen atoms in total. The molecule has 0 spiro atoms. The molecule has 0 aliphatic rings. The summed E-state index contributed by atoms with van der Waals surface area (Å²) in [5.74, 6) is 0. The number of carbonyl (C=O) groups is 1. The van der Waals surface area contributed by atoms with Gasteiger partial charge >= 0.3 is 74.4 Å². The molecule has 0 aliphatic carbocycles. The van der Waals surface area contributed by atoms with Crippen LogP contribution in [-0.2, 0) is 0 Å². The fourth-order valence-electron chi connectivity index (χ4n) is 0. The predicted molar refractivity (Wildman–Crippen MR) is 12.3 cm³/mol. The van der Waals surface area contributed by atoms with Gasteiger partial charge in [-0.2, -0.15) is 0 Å². The molecule has 0 saturated carbocycles. The first-order valence-corrected chi connectivity index (χ1v) is 0.612. The average molecular weight is 124 g/mol. The Hall–Kier alpha value is 1.67. The molecule has 0 bridgehead atoms. The Kier molecular flexibility index (Phi) is 25.6. The summed E-state index contributed by atoms with van der Waals surface area (Å²) in [6.45, 7) is 0. The topological polar surface area (TPSA) is 63.2 Å². The molecule has 0 saturated heterocycles. The molecule has 0 radical (unpaired) electrons. The third kappa shape index (κ3) is 44.3. The van der Waals surface area contributed by atoms with Crippen LogP contribution in [-0.4, -0.2) is 29.2 Å². The maximum absolute atomic E-state index is 8.33. The SMILES string of the molecule is O=C([O-])[O-].[H-].[K+].[Mg+2]. The van der Waals surface area contributed by atoms with E-state index in [9.17, 15) is 0 Å². The molecule has 0 atom stereocenters. The molecule has 0 heterocycles. The molecule has 0 N–H and O–H groups in total. The third-order valence-electron chi connectivity index (χ3n) is 0. The Labute approximate surface area is 95.2 Å². The van der Waals surface area contributed by atoms with E-state index in [1.165, 1.54) is 0 Å². The molecule has 0 aromatic carbocycles. The summed E-state index contributed by atoms with van der Waals surface area (Å²) in [5, 5.41) is 16.7. The molecule has 5 heteroatoms. The van der Waals surface area contributed by atoms with Crippen LogP contribution in [0.25, 0.3) is 0 Å². The van der Waals surface area contributed by atoms with Crippen molar-refractivity contribution in [3.05, 3.63) is 0 Å². The Morgan fingerprint density at radius 3 is 1.50 bits per heavy atom. The van der Waals surface area contributed by atoms with Gasteiger partial charge in [0.05, 0.1) is 0 Å². The van der Waals surface area contributed by atoms with Gasteiger partial charge in [0, 0.05) is 0 Å². The molecular formula is CHKMgO3. The smallest absolute Gasteiger partial charge is 1.00 e. The van der Waals surface area contributed by atoms with Crippen LogP contribution < -0.4 is 61.6 Å². The number of rotatable bonds is 0. The molecule has 26 valence electrons. The van der Waals surface area contributed by atoms with E-state index < -0.39 is 6.16 Å². The summed E-state index contributed by atoms with van der Waals surface area (Å²) >= 11 is 0. The monoisotopic (exact) mass is 124 g/mol. The summed E-state index contributed by atoms with van der Waals surface area (Å²) in [7, 11) is 0. The summed E-state index contributed by atoms with van der Waals surface area (Å²) in [6, 6.07) is 0. The van der Waals surface area contributed by atoms with Crippen LogP contribution in [0.5, 0.6) is 0 Å². The second-order valence-electron chi connectivity index (χ2n) is 0.250. The fraction of sp³-hybridized carbons (Fsp3) is 0. The Bertz CT molecular complexity index is 37.9. The van der Waals surface area contributed by atoms with Gasteiger partial charge in [-0.25, -0.2) is 0 Å². The van der Waals surface area contributed by atoms with Crippen LogP contribution in [0.2, 0.25) is 0 Å². The minimum atomic E-state index is -2.33. The molecule has 0 unspecified atom stereocenters. The zero-order valence-electron chi connectivity index (χ0n) is 4.43. The van der Waals surface area contributed by atoms with Crippen LogP contribution >= 0.6 is 0 Å². The van der Waals surface area contributed by atoms with E-state index in [0.29, 0.717) is 0 Å². The van der Waals surface area contributed by atoms with Gasteiger partial charge in [-0.3, -0.25) is 0 Å². The van der Waals surface area contributed by atoms with Crippen LogP contribution in [0.1, 0.15) is 1.43 Å². The molecule has 6 heavy (non-hydrogen) atoms. The van der Waals surface area contributed by atoms with Crippen LogP contribution in [0.15, 0.2) is 0 Å². The molecule has 0 rings (SSSR count). The maximum Gasteiger partial charge on any atom is 2.00 e. The zero-order valence-corrected chi connectivity index (χ0v) is 7.97. The largest absolute Gasteiger partial charge is 2.00 e. The van der Waals surface area contributed by atoms with E-state index in [2.05, 4.69) is 0 Å². The Balaban J connectivity index is -0.0000000150. The molecule has 0 aromatic rings. The van der Waals surface area contributed by atoms with Gasteiger partial charge in [0.25, 0.3) is 0 Å². The van der Waals surface area contributed by atoms with Crippen molar-refractivity contribution in [1.29, 1.82) is 0 Å². The van der Waals surface area contributed by atoms with Crippen molar-refractivity contribution >= 4 is 29.2 Å². The first kappa shape index (κ1) is 15.6. The first-order chi connectivity index (χ1) is 1.73. The van der Waals surface area contributed by atoms with Gasteiger partial charge < -0.3 is 16.4 Å². The van der Waals surface area contributed by atoms with Crippen LogP contribution in [0.3, 0.4) is 0 Å². The summed E-state index contributed by atoms with van der Waals surface area (Å²) in [6.07, 6.45) is -2.33. The number of hydrogen-bond donors (Lipinski definition) is 0.